The molecular weight excluding hydrogens is 260 g/mol. The van der Waals surface area contributed by atoms with Crippen LogP contribution in [0.3, 0.4) is 0 Å². The average molecular weight is 274 g/mol. The van der Waals surface area contributed by atoms with E-state index in [1.807, 2.05) is 48.0 Å². The number of rotatable bonds is 1. The lowest BCUT2D eigenvalue weighted by Gasteiger charge is -2.03. The molecule has 0 aliphatic heterocycles. The first-order valence-corrected chi connectivity index (χ1v) is 6.91. The fourth-order valence-electron chi connectivity index (χ4n) is 2.54. The number of aryl methyl sites for hydroxylation is 2. The minimum Gasteiger partial charge on any atom is -0.241 e. The van der Waals surface area contributed by atoms with Gasteiger partial charge in [0.1, 0.15) is 5.52 Å². The van der Waals surface area contributed by atoms with Gasteiger partial charge in [0, 0.05) is 0 Å². The largest absolute Gasteiger partial charge is 0.241 e. The zero-order valence-corrected chi connectivity index (χ0v) is 11.9. The molecule has 102 valence electrons. The predicted molar refractivity (Wildman–Crippen MR) is 83.6 cm³/mol. The zero-order valence-electron chi connectivity index (χ0n) is 11.9. The van der Waals surface area contributed by atoms with E-state index in [4.69, 9.17) is 9.97 Å². The van der Waals surface area contributed by atoms with Crippen LogP contribution in [0.2, 0.25) is 0 Å². The highest BCUT2D eigenvalue weighted by molar-refractivity contribution is 5.86. The van der Waals surface area contributed by atoms with Gasteiger partial charge in [-0.3, -0.25) is 0 Å². The Morgan fingerprint density at radius 3 is 2.48 bits per heavy atom. The number of nitrogens with zero attached hydrogens (tertiary/aromatic N) is 4. The normalized spacial score (nSPS) is 11.3. The molecule has 0 spiro atoms. The van der Waals surface area contributed by atoms with E-state index in [1.54, 1.807) is 0 Å². The van der Waals surface area contributed by atoms with Gasteiger partial charge in [-0.05, 0) is 43.7 Å². The number of hydrogen-bond acceptors (Lipinski definition) is 3. The topological polar surface area (TPSA) is 43.6 Å². The van der Waals surface area contributed by atoms with Crippen molar-refractivity contribution in [1.82, 2.24) is 19.7 Å². The van der Waals surface area contributed by atoms with Gasteiger partial charge in [0.25, 0.3) is 0 Å². The monoisotopic (exact) mass is 274 g/mol. The maximum atomic E-state index is 4.75. The highest BCUT2D eigenvalue weighted by Crippen LogP contribution is 2.22. The molecule has 4 heteroatoms. The summed E-state index contributed by atoms with van der Waals surface area (Å²) in [5, 5.41) is 4.60. The number of aromatic nitrogens is 4. The molecule has 0 atom stereocenters. The van der Waals surface area contributed by atoms with Crippen molar-refractivity contribution in [2.45, 2.75) is 13.8 Å². The summed E-state index contributed by atoms with van der Waals surface area (Å²) in [5.41, 5.74) is 6.54. The Hall–Kier alpha value is -2.75. The van der Waals surface area contributed by atoms with Crippen molar-refractivity contribution in [2.24, 2.45) is 0 Å². The molecule has 0 aliphatic carbocycles. The minimum absolute atomic E-state index is 0.801. The molecule has 4 aromatic rings. The number of para-hydroxylation sites is 1. The smallest absolute Gasteiger partial charge is 0.182 e. The number of hydrogen-bond donors (Lipinski definition) is 0. The van der Waals surface area contributed by atoms with E-state index in [1.165, 1.54) is 5.56 Å². The standard InChI is InChI=1S/C17H14N4/c1-11-8-9-14-15(10-11)18-16-12(2)20-21(17(16)19-14)13-6-4-3-5-7-13/h3-10H,1-2H3. The Balaban J connectivity index is 2.08. The predicted octanol–water partition coefficient (Wildman–Crippen LogP) is 3.59. The number of benzene rings is 2. The third-order valence-corrected chi connectivity index (χ3v) is 3.60. The second-order valence-electron chi connectivity index (χ2n) is 5.22. The maximum absolute atomic E-state index is 4.75. The molecule has 0 saturated heterocycles. The minimum atomic E-state index is 0.801. The molecule has 0 N–H and O–H groups in total. The fraction of sp³-hybridized carbons (Fsp3) is 0.118. The summed E-state index contributed by atoms with van der Waals surface area (Å²) in [7, 11) is 0. The molecular formula is C17H14N4. The molecule has 0 aliphatic rings. The molecule has 0 radical (unpaired) electrons. The van der Waals surface area contributed by atoms with Crippen LogP contribution in [-0.4, -0.2) is 19.7 Å². The van der Waals surface area contributed by atoms with E-state index in [-0.39, 0.29) is 0 Å². The van der Waals surface area contributed by atoms with Crippen LogP contribution in [0.1, 0.15) is 11.3 Å². The van der Waals surface area contributed by atoms with E-state index in [2.05, 4.69) is 24.2 Å². The van der Waals surface area contributed by atoms with Crippen molar-refractivity contribution in [1.29, 1.82) is 0 Å². The molecule has 0 fully saturated rings. The molecule has 0 saturated carbocycles. The third kappa shape index (κ3) is 1.88. The van der Waals surface area contributed by atoms with Crippen molar-refractivity contribution >= 4 is 22.2 Å². The van der Waals surface area contributed by atoms with Crippen LogP contribution >= 0.6 is 0 Å². The summed E-state index contributed by atoms with van der Waals surface area (Å²) in [5.74, 6) is 0. The van der Waals surface area contributed by atoms with Crippen LogP contribution in [-0.2, 0) is 0 Å². The van der Waals surface area contributed by atoms with Gasteiger partial charge in [-0.2, -0.15) is 5.10 Å². The van der Waals surface area contributed by atoms with Gasteiger partial charge >= 0.3 is 0 Å². The molecule has 2 heterocycles. The zero-order chi connectivity index (χ0) is 14.4. The lowest BCUT2D eigenvalue weighted by molar-refractivity contribution is 0.879. The molecule has 4 rings (SSSR count). The van der Waals surface area contributed by atoms with Gasteiger partial charge in [-0.15, -0.1) is 0 Å². The van der Waals surface area contributed by atoms with Crippen LogP contribution in [0.4, 0.5) is 0 Å². The van der Waals surface area contributed by atoms with Gasteiger partial charge in [-0.25, -0.2) is 14.6 Å². The summed E-state index contributed by atoms with van der Waals surface area (Å²) < 4.78 is 1.86. The van der Waals surface area contributed by atoms with E-state index >= 15 is 0 Å². The van der Waals surface area contributed by atoms with E-state index in [9.17, 15) is 0 Å². The summed E-state index contributed by atoms with van der Waals surface area (Å²) in [4.78, 5) is 9.49. The SMILES string of the molecule is Cc1ccc2nc3c(nc2c1)c(C)nn3-c1ccccc1. The first kappa shape index (κ1) is 12.0. The van der Waals surface area contributed by atoms with Crippen LogP contribution in [0.5, 0.6) is 0 Å². The number of fused-ring (bicyclic) bond motifs is 2. The molecule has 2 aromatic heterocycles. The molecule has 2 aromatic carbocycles. The van der Waals surface area contributed by atoms with Crippen molar-refractivity contribution in [3.8, 4) is 5.69 Å². The second-order valence-corrected chi connectivity index (χ2v) is 5.22. The van der Waals surface area contributed by atoms with Crippen molar-refractivity contribution in [2.75, 3.05) is 0 Å². The Morgan fingerprint density at radius 2 is 1.67 bits per heavy atom. The lowest BCUT2D eigenvalue weighted by atomic mass is 10.2. The molecule has 0 bridgehead atoms. The Labute approximate surface area is 122 Å². The van der Waals surface area contributed by atoms with E-state index in [0.717, 1.165) is 33.6 Å². The molecule has 0 amide bonds. The third-order valence-electron chi connectivity index (χ3n) is 3.60. The summed E-state index contributed by atoms with van der Waals surface area (Å²) in [6, 6.07) is 16.1. The van der Waals surface area contributed by atoms with Gasteiger partial charge < -0.3 is 0 Å². The summed E-state index contributed by atoms with van der Waals surface area (Å²) >= 11 is 0. The lowest BCUT2D eigenvalue weighted by Crippen LogP contribution is -1.98. The first-order valence-electron chi connectivity index (χ1n) is 6.91. The van der Waals surface area contributed by atoms with Gasteiger partial charge in [0.15, 0.2) is 5.65 Å². The van der Waals surface area contributed by atoms with E-state index in [0.29, 0.717) is 0 Å². The van der Waals surface area contributed by atoms with Crippen LogP contribution in [0.25, 0.3) is 27.9 Å². The van der Waals surface area contributed by atoms with Crippen molar-refractivity contribution in [3.63, 3.8) is 0 Å². The van der Waals surface area contributed by atoms with Crippen molar-refractivity contribution in [3.05, 3.63) is 59.8 Å². The van der Waals surface area contributed by atoms with Crippen LogP contribution in [0.15, 0.2) is 48.5 Å². The van der Waals surface area contributed by atoms with Crippen LogP contribution < -0.4 is 0 Å². The molecule has 0 unspecified atom stereocenters. The molecule has 4 nitrogen and oxygen atoms in total. The Kier molecular flexibility index (Phi) is 2.51. The summed E-state index contributed by atoms with van der Waals surface area (Å²) in [6.07, 6.45) is 0. The van der Waals surface area contributed by atoms with Crippen LogP contribution in [0, 0.1) is 13.8 Å². The summed E-state index contributed by atoms with van der Waals surface area (Å²) in [6.45, 7) is 4.03. The van der Waals surface area contributed by atoms with Crippen molar-refractivity contribution < 1.29 is 0 Å². The Morgan fingerprint density at radius 1 is 0.857 bits per heavy atom. The van der Waals surface area contributed by atoms with Gasteiger partial charge in [0.2, 0.25) is 0 Å². The van der Waals surface area contributed by atoms with Gasteiger partial charge in [-0.1, -0.05) is 24.3 Å². The van der Waals surface area contributed by atoms with Gasteiger partial charge in [0.05, 0.1) is 22.4 Å². The molecule has 21 heavy (non-hydrogen) atoms. The highest BCUT2D eigenvalue weighted by Gasteiger charge is 2.13. The first-order chi connectivity index (χ1) is 10.2. The Bertz CT molecular complexity index is 955. The van der Waals surface area contributed by atoms with E-state index < -0.39 is 0 Å². The fourth-order valence-corrected chi connectivity index (χ4v) is 2.54. The quantitative estimate of drug-likeness (QED) is 0.533. The second kappa shape index (κ2) is 4.38. The highest BCUT2D eigenvalue weighted by atomic mass is 15.3. The maximum Gasteiger partial charge on any atom is 0.182 e. The average Bonchev–Trinajstić information content (AvgIpc) is 2.83.